The average molecular weight is 192 g/mol. The molecule has 0 heterocycles. The number of hydrogen-bond donors (Lipinski definition) is 0. The fraction of sp³-hybridized carbons (Fsp3) is 0.769. The summed E-state index contributed by atoms with van der Waals surface area (Å²) in [5, 5.41) is 0. The summed E-state index contributed by atoms with van der Waals surface area (Å²) >= 11 is 0. The van der Waals surface area contributed by atoms with Gasteiger partial charge >= 0.3 is 0 Å². The van der Waals surface area contributed by atoms with Gasteiger partial charge in [-0.25, -0.2) is 0 Å². The van der Waals surface area contributed by atoms with Crippen molar-refractivity contribution in [1.82, 2.24) is 0 Å². The van der Waals surface area contributed by atoms with Gasteiger partial charge in [0.1, 0.15) is 6.29 Å². The predicted molar refractivity (Wildman–Crippen MR) is 58.0 cm³/mol. The second-order valence-electron chi connectivity index (χ2n) is 5.53. The maximum Gasteiger partial charge on any atom is 0.123 e. The van der Waals surface area contributed by atoms with Gasteiger partial charge in [0.2, 0.25) is 0 Å². The Bertz CT molecular complexity index is 262. The Balaban J connectivity index is 2.19. The second-order valence-corrected chi connectivity index (χ2v) is 5.53. The molecule has 0 saturated heterocycles. The molecule has 78 valence electrons. The maximum atomic E-state index is 10.8. The number of allylic oxidation sites excluding steroid dienone is 2. The molecule has 2 atom stereocenters. The first-order chi connectivity index (χ1) is 6.63. The highest BCUT2D eigenvalue weighted by molar-refractivity contribution is 5.54. The fourth-order valence-corrected chi connectivity index (χ4v) is 3.09. The summed E-state index contributed by atoms with van der Waals surface area (Å²) in [6, 6.07) is 0. The molecule has 14 heavy (non-hydrogen) atoms. The summed E-state index contributed by atoms with van der Waals surface area (Å²) in [6.45, 7) is 4.72. The highest BCUT2D eigenvalue weighted by atomic mass is 16.1. The van der Waals surface area contributed by atoms with E-state index in [4.69, 9.17) is 0 Å². The molecule has 0 aromatic carbocycles. The van der Waals surface area contributed by atoms with Gasteiger partial charge in [-0.3, -0.25) is 0 Å². The predicted octanol–water partition coefficient (Wildman–Crippen LogP) is 3.35. The largest absolute Gasteiger partial charge is 0.303 e. The van der Waals surface area contributed by atoms with Gasteiger partial charge in [0, 0.05) is 5.92 Å². The van der Waals surface area contributed by atoms with E-state index in [0.29, 0.717) is 17.3 Å². The van der Waals surface area contributed by atoms with Crippen molar-refractivity contribution in [3.63, 3.8) is 0 Å². The molecule has 0 aromatic heterocycles. The summed E-state index contributed by atoms with van der Waals surface area (Å²) in [6.07, 6.45) is 9.47. The van der Waals surface area contributed by atoms with Crippen molar-refractivity contribution >= 4 is 6.29 Å². The van der Waals surface area contributed by atoms with Crippen LogP contribution in [0.4, 0.5) is 0 Å². The third-order valence-corrected chi connectivity index (χ3v) is 4.12. The van der Waals surface area contributed by atoms with Crippen molar-refractivity contribution in [1.29, 1.82) is 0 Å². The first kappa shape index (κ1) is 9.95. The van der Waals surface area contributed by atoms with E-state index in [9.17, 15) is 4.79 Å². The third kappa shape index (κ3) is 1.65. The van der Waals surface area contributed by atoms with Gasteiger partial charge in [0.15, 0.2) is 0 Å². The number of fused-ring (bicyclic) bond motifs is 1. The molecule has 1 fully saturated rings. The lowest BCUT2D eigenvalue weighted by Gasteiger charge is -2.43. The summed E-state index contributed by atoms with van der Waals surface area (Å²) in [7, 11) is 0. The lowest BCUT2D eigenvalue weighted by molar-refractivity contribution is -0.112. The molecule has 0 aliphatic heterocycles. The zero-order valence-corrected chi connectivity index (χ0v) is 9.25. The van der Waals surface area contributed by atoms with Crippen LogP contribution in [-0.4, -0.2) is 6.29 Å². The molecule has 0 radical (unpaired) electrons. The van der Waals surface area contributed by atoms with Crippen LogP contribution in [0, 0.1) is 17.3 Å². The van der Waals surface area contributed by atoms with Gasteiger partial charge in [-0.2, -0.15) is 0 Å². The molecular formula is C13H20O. The molecule has 1 nitrogen and oxygen atoms in total. The number of hydrogen-bond acceptors (Lipinski definition) is 1. The van der Waals surface area contributed by atoms with E-state index >= 15 is 0 Å². The van der Waals surface area contributed by atoms with Crippen LogP contribution in [0.3, 0.4) is 0 Å². The van der Waals surface area contributed by atoms with Crippen LogP contribution in [0.25, 0.3) is 0 Å². The quantitative estimate of drug-likeness (QED) is 0.460. The zero-order chi connectivity index (χ0) is 10.2. The van der Waals surface area contributed by atoms with E-state index in [2.05, 4.69) is 19.9 Å². The lowest BCUT2D eigenvalue weighted by Crippen LogP contribution is -2.33. The van der Waals surface area contributed by atoms with E-state index in [0.717, 1.165) is 19.3 Å². The Morgan fingerprint density at radius 1 is 1.50 bits per heavy atom. The SMILES string of the molecule is CC1(C)CCC=C2CCC(C=O)CC21. The molecular weight excluding hydrogens is 172 g/mol. The first-order valence-electron chi connectivity index (χ1n) is 5.78. The summed E-state index contributed by atoms with van der Waals surface area (Å²) in [4.78, 5) is 10.8. The van der Waals surface area contributed by atoms with E-state index < -0.39 is 0 Å². The average Bonchev–Trinajstić information content (AvgIpc) is 2.17. The first-order valence-corrected chi connectivity index (χ1v) is 5.78. The fourth-order valence-electron chi connectivity index (χ4n) is 3.09. The van der Waals surface area contributed by atoms with Crippen LogP contribution < -0.4 is 0 Å². The Morgan fingerprint density at radius 3 is 3.00 bits per heavy atom. The van der Waals surface area contributed by atoms with Gasteiger partial charge in [-0.15, -0.1) is 0 Å². The molecule has 0 bridgehead atoms. The third-order valence-electron chi connectivity index (χ3n) is 4.12. The second kappa shape index (κ2) is 3.52. The molecule has 0 spiro atoms. The summed E-state index contributed by atoms with van der Waals surface area (Å²) in [5.41, 5.74) is 2.06. The number of carbonyl (C=O) groups excluding carboxylic acids is 1. The standard InChI is InChI=1S/C13H20O/c1-13(2)7-3-4-11-6-5-10(9-14)8-12(11)13/h4,9-10,12H,3,5-8H2,1-2H3. The van der Waals surface area contributed by atoms with Crippen molar-refractivity contribution in [3.8, 4) is 0 Å². The van der Waals surface area contributed by atoms with Crippen molar-refractivity contribution < 1.29 is 4.79 Å². The minimum absolute atomic E-state index is 0.328. The zero-order valence-electron chi connectivity index (χ0n) is 9.25. The molecule has 2 rings (SSSR count). The normalized spacial score (nSPS) is 35.7. The van der Waals surface area contributed by atoms with E-state index in [1.807, 2.05) is 0 Å². The lowest BCUT2D eigenvalue weighted by atomic mass is 9.61. The minimum Gasteiger partial charge on any atom is -0.303 e. The topological polar surface area (TPSA) is 17.1 Å². The van der Waals surface area contributed by atoms with Crippen LogP contribution in [-0.2, 0) is 4.79 Å². The van der Waals surface area contributed by atoms with E-state index in [-0.39, 0.29) is 0 Å². The number of carbonyl (C=O) groups is 1. The van der Waals surface area contributed by atoms with Crippen molar-refractivity contribution in [2.24, 2.45) is 17.3 Å². The monoisotopic (exact) mass is 192 g/mol. The van der Waals surface area contributed by atoms with Crippen LogP contribution >= 0.6 is 0 Å². The number of rotatable bonds is 1. The van der Waals surface area contributed by atoms with Crippen molar-refractivity contribution in [2.75, 3.05) is 0 Å². The molecule has 1 saturated carbocycles. The molecule has 0 aromatic rings. The Morgan fingerprint density at radius 2 is 2.29 bits per heavy atom. The van der Waals surface area contributed by atoms with Gasteiger partial charge in [0.25, 0.3) is 0 Å². The van der Waals surface area contributed by atoms with Crippen LogP contribution in [0.1, 0.15) is 46.0 Å². The smallest absolute Gasteiger partial charge is 0.123 e. The highest BCUT2D eigenvalue weighted by Gasteiger charge is 2.38. The molecule has 2 aliphatic rings. The van der Waals surface area contributed by atoms with Crippen LogP contribution in [0.5, 0.6) is 0 Å². The molecule has 2 unspecified atom stereocenters. The van der Waals surface area contributed by atoms with Gasteiger partial charge in [-0.1, -0.05) is 25.5 Å². The Hall–Kier alpha value is -0.590. The van der Waals surface area contributed by atoms with Crippen molar-refractivity contribution in [3.05, 3.63) is 11.6 Å². The highest BCUT2D eigenvalue weighted by Crippen LogP contribution is 2.48. The van der Waals surface area contributed by atoms with Gasteiger partial charge in [0.05, 0.1) is 0 Å². The molecule has 0 amide bonds. The van der Waals surface area contributed by atoms with Crippen molar-refractivity contribution in [2.45, 2.75) is 46.0 Å². The van der Waals surface area contributed by atoms with Gasteiger partial charge in [-0.05, 0) is 43.4 Å². The van der Waals surface area contributed by atoms with E-state index in [1.54, 1.807) is 5.57 Å². The van der Waals surface area contributed by atoms with Gasteiger partial charge < -0.3 is 4.79 Å². The van der Waals surface area contributed by atoms with Crippen LogP contribution in [0.15, 0.2) is 11.6 Å². The summed E-state index contributed by atoms with van der Waals surface area (Å²) < 4.78 is 0. The maximum absolute atomic E-state index is 10.8. The number of aldehydes is 1. The Kier molecular flexibility index (Phi) is 2.50. The Labute approximate surface area is 86.6 Å². The van der Waals surface area contributed by atoms with E-state index in [1.165, 1.54) is 19.1 Å². The molecule has 1 heteroatoms. The summed E-state index contributed by atoms with van der Waals surface area (Å²) in [5.74, 6) is 1.01. The molecule has 0 N–H and O–H groups in total. The van der Waals surface area contributed by atoms with Crippen LogP contribution in [0.2, 0.25) is 0 Å². The minimum atomic E-state index is 0.328. The molecule has 2 aliphatic carbocycles.